The number of allylic oxidation sites excluding steroid dienone is 1. The molecule has 1 heterocycles. The monoisotopic (exact) mass is 316 g/mol. The van der Waals surface area contributed by atoms with Crippen molar-refractivity contribution in [3.8, 4) is 5.75 Å². The standard InChI is InChI=1S/C18H20O5/c1-21-14-10-9-13-12-23-18(20)15(16(13)11-14)7-5-3-4-6-8-17(19)22-2/h6,8-12H,3-5,7H2,1-2H3/b8-6+. The molecule has 0 bridgehead atoms. The first-order chi connectivity index (χ1) is 11.2. The number of rotatable bonds is 7. The summed E-state index contributed by atoms with van der Waals surface area (Å²) in [4.78, 5) is 22.9. The fourth-order valence-corrected chi connectivity index (χ4v) is 2.37. The van der Waals surface area contributed by atoms with Crippen molar-refractivity contribution < 1.29 is 18.7 Å². The predicted molar refractivity (Wildman–Crippen MR) is 87.7 cm³/mol. The average Bonchev–Trinajstić information content (AvgIpc) is 2.58. The van der Waals surface area contributed by atoms with Crippen LogP contribution in [0.5, 0.6) is 5.75 Å². The van der Waals surface area contributed by atoms with E-state index in [1.807, 2.05) is 18.2 Å². The maximum atomic E-state index is 12.0. The minimum Gasteiger partial charge on any atom is -0.497 e. The van der Waals surface area contributed by atoms with Gasteiger partial charge in [-0.1, -0.05) is 6.08 Å². The number of hydrogen-bond acceptors (Lipinski definition) is 5. The Morgan fingerprint density at radius 1 is 1.26 bits per heavy atom. The Balaban J connectivity index is 2.04. The third kappa shape index (κ3) is 4.45. The quantitative estimate of drug-likeness (QED) is 0.446. The highest BCUT2D eigenvalue weighted by atomic mass is 16.5. The molecule has 0 spiro atoms. The second-order valence-electron chi connectivity index (χ2n) is 5.13. The summed E-state index contributed by atoms with van der Waals surface area (Å²) in [6, 6.07) is 5.57. The van der Waals surface area contributed by atoms with Gasteiger partial charge >= 0.3 is 11.6 Å². The number of ether oxygens (including phenoxy) is 2. The van der Waals surface area contributed by atoms with Gasteiger partial charge in [-0.2, -0.15) is 0 Å². The van der Waals surface area contributed by atoms with Crippen molar-refractivity contribution >= 4 is 16.7 Å². The second-order valence-corrected chi connectivity index (χ2v) is 5.13. The molecule has 0 radical (unpaired) electrons. The summed E-state index contributed by atoms with van der Waals surface area (Å²) in [5.41, 5.74) is 0.356. The van der Waals surface area contributed by atoms with Crippen LogP contribution in [0, 0.1) is 0 Å². The van der Waals surface area contributed by atoms with Crippen molar-refractivity contribution in [1.82, 2.24) is 0 Å². The molecule has 0 amide bonds. The molecule has 1 aromatic carbocycles. The lowest BCUT2D eigenvalue weighted by Crippen LogP contribution is -2.07. The lowest BCUT2D eigenvalue weighted by Gasteiger charge is -2.06. The molecule has 2 rings (SSSR count). The molecule has 0 saturated heterocycles. The highest BCUT2D eigenvalue weighted by Crippen LogP contribution is 2.23. The summed E-state index contributed by atoms with van der Waals surface area (Å²) in [6.07, 6.45) is 7.74. The molecule has 0 aliphatic rings. The van der Waals surface area contributed by atoms with Crippen molar-refractivity contribution in [3.05, 3.63) is 52.6 Å². The number of benzene rings is 1. The fraction of sp³-hybridized carbons (Fsp3) is 0.333. The van der Waals surface area contributed by atoms with Gasteiger partial charge in [0.25, 0.3) is 0 Å². The number of methoxy groups -OCH3 is 2. The Kier molecular flexibility index (Phi) is 5.97. The van der Waals surface area contributed by atoms with Gasteiger partial charge in [0, 0.05) is 17.0 Å². The Morgan fingerprint density at radius 2 is 2.09 bits per heavy atom. The molecule has 0 atom stereocenters. The van der Waals surface area contributed by atoms with Gasteiger partial charge in [0.05, 0.1) is 14.2 Å². The molecule has 0 fully saturated rings. The van der Waals surface area contributed by atoms with Gasteiger partial charge in [0.15, 0.2) is 0 Å². The van der Waals surface area contributed by atoms with Crippen LogP contribution in [0.25, 0.3) is 10.8 Å². The van der Waals surface area contributed by atoms with Crippen molar-refractivity contribution in [2.45, 2.75) is 25.7 Å². The van der Waals surface area contributed by atoms with Crippen LogP contribution in [0.2, 0.25) is 0 Å². The van der Waals surface area contributed by atoms with Gasteiger partial charge in [-0.3, -0.25) is 0 Å². The Morgan fingerprint density at radius 3 is 2.83 bits per heavy atom. The summed E-state index contributed by atoms with van der Waals surface area (Å²) in [6.45, 7) is 0. The first kappa shape index (κ1) is 16.8. The summed E-state index contributed by atoms with van der Waals surface area (Å²) in [5, 5.41) is 1.75. The topological polar surface area (TPSA) is 65.7 Å². The maximum Gasteiger partial charge on any atom is 0.339 e. The van der Waals surface area contributed by atoms with Crippen molar-refractivity contribution in [1.29, 1.82) is 0 Å². The van der Waals surface area contributed by atoms with E-state index in [9.17, 15) is 9.59 Å². The molecule has 0 aliphatic heterocycles. The van der Waals surface area contributed by atoms with Crippen LogP contribution in [0.1, 0.15) is 24.8 Å². The number of carbonyl (C=O) groups excluding carboxylic acids is 1. The average molecular weight is 316 g/mol. The molecule has 5 heteroatoms. The lowest BCUT2D eigenvalue weighted by atomic mass is 10.0. The maximum absolute atomic E-state index is 12.0. The first-order valence-electron chi connectivity index (χ1n) is 7.48. The van der Waals surface area contributed by atoms with E-state index in [0.717, 1.165) is 30.0 Å². The fourth-order valence-electron chi connectivity index (χ4n) is 2.37. The Bertz CT molecular complexity index is 758. The normalized spacial score (nSPS) is 11.0. The summed E-state index contributed by atoms with van der Waals surface area (Å²) in [7, 11) is 2.95. The first-order valence-corrected chi connectivity index (χ1v) is 7.48. The number of unbranched alkanes of at least 4 members (excludes halogenated alkanes) is 2. The van der Waals surface area contributed by atoms with Crippen LogP contribution in [0.3, 0.4) is 0 Å². The van der Waals surface area contributed by atoms with E-state index >= 15 is 0 Å². The molecule has 0 unspecified atom stereocenters. The van der Waals surface area contributed by atoms with Crippen molar-refractivity contribution in [3.63, 3.8) is 0 Å². The van der Waals surface area contributed by atoms with E-state index < -0.39 is 0 Å². The predicted octanol–water partition coefficient (Wildman–Crippen LogP) is 3.24. The van der Waals surface area contributed by atoms with Crippen LogP contribution >= 0.6 is 0 Å². The summed E-state index contributed by atoms with van der Waals surface area (Å²) < 4.78 is 14.8. The van der Waals surface area contributed by atoms with E-state index in [-0.39, 0.29) is 11.6 Å². The van der Waals surface area contributed by atoms with E-state index in [2.05, 4.69) is 4.74 Å². The highest BCUT2D eigenvalue weighted by molar-refractivity contribution is 5.85. The smallest absolute Gasteiger partial charge is 0.339 e. The number of fused-ring (bicyclic) bond motifs is 1. The molecule has 122 valence electrons. The second kappa shape index (κ2) is 8.17. The van der Waals surface area contributed by atoms with E-state index in [4.69, 9.17) is 9.15 Å². The number of aryl methyl sites for hydroxylation is 1. The number of esters is 1. The zero-order chi connectivity index (χ0) is 16.7. The van der Waals surface area contributed by atoms with Gasteiger partial charge in [0.1, 0.15) is 12.0 Å². The molecule has 5 nitrogen and oxygen atoms in total. The summed E-state index contributed by atoms with van der Waals surface area (Å²) in [5.74, 6) is 0.358. The molecule has 0 saturated carbocycles. The van der Waals surface area contributed by atoms with Gasteiger partial charge in [0.2, 0.25) is 0 Å². The van der Waals surface area contributed by atoms with E-state index in [0.29, 0.717) is 17.7 Å². The third-order valence-corrected chi connectivity index (χ3v) is 3.63. The van der Waals surface area contributed by atoms with Gasteiger partial charge < -0.3 is 13.9 Å². The molecule has 0 N–H and O–H groups in total. The number of hydrogen-bond donors (Lipinski definition) is 0. The van der Waals surface area contributed by atoms with Crippen LogP contribution in [0.15, 0.2) is 45.8 Å². The number of carbonyl (C=O) groups is 1. The van der Waals surface area contributed by atoms with Crippen molar-refractivity contribution in [2.24, 2.45) is 0 Å². The molecular formula is C18H20O5. The Labute approximate surface area is 134 Å². The van der Waals surface area contributed by atoms with Gasteiger partial charge in [-0.05, 0) is 49.3 Å². The zero-order valence-corrected chi connectivity index (χ0v) is 13.3. The summed E-state index contributed by atoms with van der Waals surface area (Å²) >= 11 is 0. The minimum absolute atomic E-state index is 0.309. The highest BCUT2D eigenvalue weighted by Gasteiger charge is 2.09. The van der Waals surface area contributed by atoms with E-state index in [1.165, 1.54) is 19.4 Å². The SMILES string of the molecule is COC(=O)/C=C/CCCCc1c(=O)occ2ccc(OC)cc12. The molecule has 0 aliphatic carbocycles. The zero-order valence-electron chi connectivity index (χ0n) is 13.3. The molecule has 1 aromatic heterocycles. The van der Waals surface area contributed by atoms with Crippen LogP contribution < -0.4 is 10.4 Å². The van der Waals surface area contributed by atoms with E-state index in [1.54, 1.807) is 13.2 Å². The minimum atomic E-state index is -0.355. The molecule has 23 heavy (non-hydrogen) atoms. The lowest BCUT2D eigenvalue weighted by molar-refractivity contribution is -0.134. The molecule has 2 aromatic rings. The van der Waals surface area contributed by atoms with Crippen LogP contribution in [-0.4, -0.2) is 20.2 Å². The molecular weight excluding hydrogens is 296 g/mol. The van der Waals surface area contributed by atoms with Crippen molar-refractivity contribution in [2.75, 3.05) is 14.2 Å². The van der Waals surface area contributed by atoms with Gasteiger partial charge in [-0.25, -0.2) is 9.59 Å². The third-order valence-electron chi connectivity index (χ3n) is 3.63. The largest absolute Gasteiger partial charge is 0.497 e. The van der Waals surface area contributed by atoms with Crippen LogP contribution in [0.4, 0.5) is 0 Å². The van der Waals surface area contributed by atoms with Gasteiger partial charge in [-0.15, -0.1) is 0 Å². The van der Waals surface area contributed by atoms with Crippen LogP contribution in [-0.2, 0) is 16.0 Å². The Hall–Kier alpha value is -2.56.